The quantitative estimate of drug-likeness (QED) is 0.684. The van der Waals surface area contributed by atoms with Gasteiger partial charge < -0.3 is 15.2 Å². The van der Waals surface area contributed by atoms with Crippen LogP contribution in [-0.2, 0) is 6.54 Å². The summed E-state index contributed by atoms with van der Waals surface area (Å²) in [6, 6.07) is 13.2. The Morgan fingerprint density at radius 1 is 1.29 bits per heavy atom. The van der Waals surface area contributed by atoms with Crippen LogP contribution < -0.4 is 10.9 Å². The van der Waals surface area contributed by atoms with Crippen molar-refractivity contribution in [1.29, 1.82) is 5.26 Å². The standard InChI is InChI=1S/C20H18ClN5O2/c1-2-9-26(20(28)23-15-6-3-13(11-22)4-7-15)12-18-24-17-10-14(21)5-8-16(17)19(27)25-18/h3-8,10H,2,9,12H2,1H3,(H,23,28)(H,24,25,27). The van der Waals surface area contributed by atoms with Crippen LogP contribution in [0.1, 0.15) is 24.7 Å². The minimum Gasteiger partial charge on any atom is -0.317 e. The van der Waals surface area contributed by atoms with Gasteiger partial charge in [-0.15, -0.1) is 0 Å². The van der Waals surface area contributed by atoms with Gasteiger partial charge in [-0.3, -0.25) is 4.79 Å². The first-order valence-corrected chi connectivity index (χ1v) is 9.12. The third-order valence-corrected chi connectivity index (χ3v) is 4.34. The molecule has 0 radical (unpaired) electrons. The second-order valence-corrected chi connectivity index (χ2v) is 6.65. The predicted octanol–water partition coefficient (Wildman–Crippen LogP) is 3.89. The van der Waals surface area contributed by atoms with E-state index in [0.29, 0.717) is 39.5 Å². The van der Waals surface area contributed by atoms with E-state index in [9.17, 15) is 9.59 Å². The Balaban J connectivity index is 1.82. The van der Waals surface area contributed by atoms with Gasteiger partial charge in [0.1, 0.15) is 5.82 Å². The third-order valence-electron chi connectivity index (χ3n) is 4.10. The molecule has 0 aliphatic heterocycles. The molecule has 0 saturated heterocycles. The molecule has 28 heavy (non-hydrogen) atoms. The third kappa shape index (κ3) is 4.48. The zero-order chi connectivity index (χ0) is 20.1. The molecule has 142 valence electrons. The van der Waals surface area contributed by atoms with Crippen molar-refractivity contribution in [1.82, 2.24) is 14.9 Å². The highest BCUT2D eigenvalue weighted by Gasteiger charge is 2.15. The molecule has 1 heterocycles. The molecule has 2 aromatic carbocycles. The second kappa shape index (κ2) is 8.55. The molecule has 3 aromatic rings. The second-order valence-electron chi connectivity index (χ2n) is 6.21. The average Bonchev–Trinajstić information content (AvgIpc) is 2.68. The van der Waals surface area contributed by atoms with E-state index in [1.165, 1.54) is 0 Å². The number of amides is 2. The average molecular weight is 396 g/mol. The molecule has 2 amide bonds. The number of hydrogen-bond donors (Lipinski definition) is 2. The van der Waals surface area contributed by atoms with Gasteiger partial charge >= 0.3 is 6.03 Å². The molecule has 0 aliphatic rings. The zero-order valence-corrected chi connectivity index (χ0v) is 16.0. The molecular formula is C20H18ClN5O2. The summed E-state index contributed by atoms with van der Waals surface area (Å²) < 4.78 is 0. The van der Waals surface area contributed by atoms with E-state index in [1.54, 1.807) is 47.4 Å². The highest BCUT2D eigenvalue weighted by atomic mass is 35.5. The van der Waals surface area contributed by atoms with Crippen molar-refractivity contribution in [3.8, 4) is 6.07 Å². The van der Waals surface area contributed by atoms with Gasteiger partial charge in [0, 0.05) is 17.3 Å². The van der Waals surface area contributed by atoms with Gasteiger partial charge in [-0.2, -0.15) is 5.26 Å². The monoisotopic (exact) mass is 395 g/mol. The van der Waals surface area contributed by atoms with E-state index >= 15 is 0 Å². The molecule has 2 N–H and O–H groups in total. The molecule has 0 bridgehead atoms. The fourth-order valence-electron chi connectivity index (χ4n) is 2.77. The number of aromatic nitrogens is 2. The molecule has 8 heteroatoms. The van der Waals surface area contributed by atoms with Crippen LogP contribution >= 0.6 is 11.6 Å². The molecule has 3 rings (SSSR count). The predicted molar refractivity (Wildman–Crippen MR) is 108 cm³/mol. The first-order valence-electron chi connectivity index (χ1n) is 8.74. The fraction of sp³-hybridized carbons (Fsp3) is 0.200. The lowest BCUT2D eigenvalue weighted by Gasteiger charge is -2.22. The van der Waals surface area contributed by atoms with Crippen LogP contribution in [0, 0.1) is 11.3 Å². The molecule has 0 aliphatic carbocycles. The Labute approximate surface area is 166 Å². The summed E-state index contributed by atoms with van der Waals surface area (Å²) in [4.78, 5) is 33.7. The van der Waals surface area contributed by atoms with Crippen molar-refractivity contribution in [2.45, 2.75) is 19.9 Å². The molecule has 0 atom stereocenters. The van der Waals surface area contributed by atoms with Gasteiger partial charge in [-0.25, -0.2) is 9.78 Å². The topological polar surface area (TPSA) is 102 Å². The van der Waals surface area contributed by atoms with Crippen LogP contribution in [0.2, 0.25) is 5.02 Å². The number of nitriles is 1. The number of aromatic amines is 1. The molecule has 0 saturated carbocycles. The number of H-pyrrole nitrogens is 1. The molecule has 0 fully saturated rings. The summed E-state index contributed by atoms with van der Waals surface area (Å²) >= 11 is 5.99. The van der Waals surface area contributed by atoms with Gasteiger partial charge in [-0.05, 0) is 48.9 Å². The van der Waals surface area contributed by atoms with Crippen molar-refractivity contribution in [2.75, 3.05) is 11.9 Å². The Hall–Kier alpha value is -3.37. The lowest BCUT2D eigenvalue weighted by Crippen LogP contribution is -2.36. The van der Waals surface area contributed by atoms with Crippen LogP contribution in [0.4, 0.5) is 10.5 Å². The minimum atomic E-state index is -0.319. The summed E-state index contributed by atoms with van der Waals surface area (Å²) in [6.07, 6.45) is 0.741. The largest absolute Gasteiger partial charge is 0.322 e. The summed E-state index contributed by atoms with van der Waals surface area (Å²) in [5.74, 6) is 0.378. The van der Waals surface area contributed by atoms with E-state index in [0.717, 1.165) is 6.42 Å². The Morgan fingerprint density at radius 3 is 2.71 bits per heavy atom. The van der Waals surface area contributed by atoms with Crippen LogP contribution in [0.15, 0.2) is 47.3 Å². The first-order chi connectivity index (χ1) is 13.5. The number of carbonyl (C=O) groups is 1. The number of carbonyl (C=O) groups excluding carboxylic acids is 1. The van der Waals surface area contributed by atoms with Gasteiger partial charge in [0.25, 0.3) is 5.56 Å². The lowest BCUT2D eigenvalue weighted by molar-refractivity contribution is 0.207. The first kappa shape index (κ1) is 19.4. The van der Waals surface area contributed by atoms with E-state index in [4.69, 9.17) is 16.9 Å². The van der Waals surface area contributed by atoms with Crippen molar-refractivity contribution in [3.63, 3.8) is 0 Å². The normalized spacial score (nSPS) is 10.5. The SMILES string of the molecule is CCCN(Cc1nc2cc(Cl)ccc2c(=O)[nH]1)C(=O)Nc1ccc(C#N)cc1. The van der Waals surface area contributed by atoms with Crippen molar-refractivity contribution < 1.29 is 4.79 Å². The summed E-state index contributed by atoms with van der Waals surface area (Å²) in [5, 5.41) is 12.6. The van der Waals surface area contributed by atoms with Gasteiger partial charge in [0.2, 0.25) is 0 Å². The molecule has 0 spiro atoms. The van der Waals surface area contributed by atoms with Crippen LogP contribution in [0.5, 0.6) is 0 Å². The highest BCUT2D eigenvalue weighted by molar-refractivity contribution is 6.31. The zero-order valence-electron chi connectivity index (χ0n) is 15.2. The molecular weight excluding hydrogens is 378 g/mol. The summed E-state index contributed by atoms with van der Waals surface area (Å²) in [6.45, 7) is 2.59. The minimum absolute atomic E-state index is 0.146. The van der Waals surface area contributed by atoms with Gasteiger partial charge in [-0.1, -0.05) is 18.5 Å². The number of fused-ring (bicyclic) bond motifs is 1. The van der Waals surface area contributed by atoms with Gasteiger partial charge in [0.15, 0.2) is 0 Å². The molecule has 7 nitrogen and oxygen atoms in total. The highest BCUT2D eigenvalue weighted by Crippen LogP contribution is 2.15. The number of nitrogens with one attached hydrogen (secondary N) is 2. The Bertz CT molecular complexity index is 1100. The maximum absolute atomic E-state index is 12.7. The van der Waals surface area contributed by atoms with Crippen LogP contribution in [0.25, 0.3) is 10.9 Å². The lowest BCUT2D eigenvalue weighted by atomic mass is 10.2. The maximum Gasteiger partial charge on any atom is 0.322 e. The fourth-order valence-corrected chi connectivity index (χ4v) is 2.94. The smallest absolute Gasteiger partial charge is 0.317 e. The van der Waals surface area contributed by atoms with E-state index in [-0.39, 0.29) is 18.1 Å². The number of nitrogens with zero attached hydrogens (tertiary/aromatic N) is 3. The van der Waals surface area contributed by atoms with Crippen LogP contribution in [-0.4, -0.2) is 27.4 Å². The Kier molecular flexibility index (Phi) is 5.92. The summed E-state index contributed by atoms with van der Waals surface area (Å²) in [7, 11) is 0. The number of benzene rings is 2. The molecule has 1 aromatic heterocycles. The number of urea groups is 1. The van der Waals surface area contributed by atoms with Crippen molar-refractivity contribution in [2.24, 2.45) is 0 Å². The van der Waals surface area contributed by atoms with E-state index < -0.39 is 0 Å². The molecule has 0 unspecified atom stereocenters. The Morgan fingerprint density at radius 2 is 2.04 bits per heavy atom. The summed E-state index contributed by atoms with van der Waals surface area (Å²) in [5.41, 5.74) is 1.30. The van der Waals surface area contributed by atoms with E-state index in [2.05, 4.69) is 15.3 Å². The van der Waals surface area contributed by atoms with Gasteiger partial charge in [0.05, 0.1) is 29.1 Å². The number of hydrogen-bond acceptors (Lipinski definition) is 4. The van der Waals surface area contributed by atoms with E-state index in [1.807, 2.05) is 13.0 Å². The van der Waals surface area contributed by atoms with Crippen molar-refractivity contribution in [3.05, 3.63) is 69.2 Å². The number of anilines is 1. The van der Waals surface area contributed by atoms with Crippen molar-refractivity contribution >= 4 is 34.2 Å². The number of rotatable bonds is 5. The van der Waals surface area contributed by atoms with Crippen LogP contribution in [0.3, 0.4) is 0 Å². The number of halogens is 1. The maximum atomic E-state index is 12.7.